The van der Waals surface area contributed by atoms with Gasteiger partial charge in [-0.15, -0.1) is 0 Å². The number of phenols is 1. The normalized spacial score (nSPS) is 43.5. The Morgan fingerprint density at radius 2 is 2.16 bits per heavy atom. The average molecular weight is 424 g/mol. The largest absolute Gasteiger partial charge is 0.504 e. The summed E-state index contributed by atoms with van der Waals surface area (Å²) in [6.45, 7) is 4.17. The second kappa shape index (κ2) is 5.65. The van der Waals surface area contributed by atoms with Gasteiger partial charge in [-0.25, -0.2) is 0 Å². The first-order chi connectivity index (χ1) is 14.9. The number of ether oxygens (including phenoxy) is 2. The molecule has 2 heterocycles. The SMILES string of the molecule is CCOC(=O)[C@H]1C[C@@]23C=C[C@]1(O)[C@@H]1Oc4c(O)ccc5c4C12CCN(CC1CC1)C3C5. The maximum atomic E-state index is 13.0. The molecule has 2 saturated carbocycles. The number of fused-ring (bicyclic) bond motifs is 1. The maximum absolute atomic E-state index is 13.0. The van der Waals surface area contributed by atoms with Gasteiger partial charge in [-0.1, -0.05) is 18.2 Å². The highest BCUT2D eigenvalue weighted by atomic mass is 16.5. The highest BCUT2D eigenvalue weighted by Gasteiger charge is 2.79. The Labute approximate surface area is 181 Å². The molecule has 0 aromatic heterocycles. The minimum absolute atomic E-state index is 0.132. The molecule has 3 fully saturated rings. The number of rotatable bonds is 4. The molecule has 31 heavy (non-hydrogen) atoms. The van der Waals surface area contributed by atoms with Crippen LogP contribution in [0.5, 0.6) is 11.5 Å². The van der Waals surface area contributed by atoms with Crippen molar-refractivity contribution in [1.29, 1.82) is 0 Å². The number of nitrogens with zero attached hydrogens (tertiary/aromatic N) is 1. The molecule has 2 aliphatic heterocycles. The van der Waals surface area contributed by atoms with Crippen molar-refractivity contribution < 1.29 is 24.5 Å². The fourth-order valence-corrected chi connectivity index (χ4v) is 7.99. The summed E-state index contributed by atoms with van der Waals surface area (Å²) < 4.78 is 11.9. The molecule has 2 unspecified atom stereocenters. The summed E-state index contributed by atoms with van der Waals surface area (Å²) in [5.74, 6) is 0.438. The minimum Gasteiger partial charge on any atom is -0.504 e. The van der Waals surface area contributed by atoms with Gasteiger partial charge in [0.2, 0.25) is 0 Å². The first kappa shape index (κ1) is 18.5. The van der Waals surface area contributed by atoms with Crippen molar-refractivity contribution in [1.82, 2.24) is 4.90 Å². The molecule has 0 radical (unpaired) electrons. The van der Waals surface area contributed by atoms with E-state index in [1.165, 1.54) is 18.4 Å². The third-order valence-corrected chi connectivity index (χ3v) is 9.35. The lowest BCUT2D eigenvalue weighted by Gasteiger charge is -2.70. The lowest BCUT2D eigenvalue weighted by molar-refractivity contribution is -0.215. The van der Waals surface area contributed by atoms with Crippen molar-refractivity contribution in [2.24, 2.45) is 17.3 Å². The predicted molar refractivity (Wildman–Crippen MR) is 112 cm³/mol. The summed E-state index contributed by atoms with van der Waals surface area (Å²) in [4.78, 5) is 15.7. The van der Waals surface area contributed by atoms with Gasteiger partial charge in [0.25, 0.3) is 0 Å². The molecule has 0 amide bonds. The van der Waals surface area contributed by atoms with Crippen LogP contribution in [0.25, 0.3) is 0 Å². The van der Waals surface area contributed by atoms with Gasteiger partial charge in [-0.3, -0.25) is 9.69 Å². The third kappa shape index (κ3) is 1.96. The second-order valence-electron chi connectivity index (χ2n) is 10.6. The first-order valence-electron chi connectivity index (χ1n) is 11.8. The highest BCUT2D eigenvalue weighted by molar-refractivity contribution is 5.78. The van der Waals surface area contributed by atoms with Gasteiger partial charge in [0, 0.05) is 23.6 Å². The molecule has 6 heteroatoms. The number of benzene rings is 1. The van der Waals surface area contributed by atoms with Gasteiger partial charge in [-0.05, 0) is 63.1 Å². The van der Waals surface area contributed by atoms with E-state index in [0.717, 1.165) is 37.4 Å². The number of aromatic hydroxyl groups is 1. The number of hydrogen-bond acceptors (Lipinski definition) is 6. The quantitative estimate of drug-likeness (QED) is 0.572. The smallest absolute Gasteiger partial charge is 0.312 e. The van der Waals surface area contributed by atoms with E-state index < -0.39 is 23.0 Å². The van der Waals surface area contributed by atoms with E-state index in [9.17, 15) is 15.0 Å². The Hall–Kier alpha value is -2.05. The van der Waals surface area contributed by atoms with Crippen LogP contribution < -0.4 is 4.74 Å². The molecular weight excluding hydrogens is 394 g/mol. The molecule has 1 aromatic rings. The standard InChI is InChI=1S/C25H29NO5/c1-2-30-21(28)16-12-23-7-8-25(16,29)22-24(23)9-10-26(13-14-3-4-14)18(23)11-15-5-6-17(27)20(31-22)19(15)24/h5-8,14,16,18,22,27,29H,2-4,9-13H2,1H3/t16-,18?,22-,23-,24?,25-/m1/s1. The summed E-state index contributed by atoms with van der Waals surface area (Å²) in [6, 6.07) is 4.03. The zero-order chi connectivity index (χ0) is 21.2. The van der Waals surface area contributed by atoms with Gasteiger partial charge >= 0.3 is 5.97 Å². The molecule has 1 aromatic carbocycles. The first-order valence-corrected chi connectivity index (χ1v) is 11.8. The van der Waals surface area contributed by atoms with Crippen LogP contribution in [0.3, 0.4) is 0 Å². The number of likely N-dealkylation sites (tertiary alicyclic amines) is 1. The van der Waals surface area contributed by atoms with Crippen LogP contribution in [0.4, 0.5) is 0 Å². The molecule has 7 aliphatic rings. The molecule has 1 saturated heterocycles. The van der Waals surface area contributed by atoms with Crippen molar-refractivity contribution in [2.45, 2.75) is 62.2 Å². The molecule has 6 atom stereocenters. The molecular formula is C25H29NO5. The number of esters is 1. The summed E-state index contributed by atoms with van der Waals surface area (Å²) in [5.41, 5.74) is 0.163. The maximum Gasteiger partial charge on any atom is 0.312 e. The van der Waals surface area contributed by atoms with Crippen molar-refractivity contribution in [2.75, 3.05) is 19.7 Å². The Balaban J connectivity index is 1.46. The zero-order valence-corrected chi connectivity index (χ0v) is 17.8. The monoisotopic (exact) mass is 423 g/mol. The van der Waals surface area contributed by atoms with E-state index in [1.54, 1.807) is 13.0 Å². The van der Waals surface area contributed by atoms with Crippen molar-refractivity contribution in [3.63, 3.8) is 0 Å². The summed E-state index contributed by atoms with van der Waals surface area (Å²) in [5, 5.41) is 22.6. The van der Waals surface area contributed by atoms with Gasteiger partial charge in [0.05, 0.1) is 17.9 Å². The van der Waals surface area contributed by atoms with E-state index in [4.69, 9.17) is 9.47 Å². The van der Waals surface area contributed by atoms with Crippen LogP contribution in [-0.2, 0) is 21.4 Å². The van der Waals surface area contributed by atoms with E-state index >= 15 is 0 Å². The second-order valence-corrected chi connectivity index (χ2v) is 10.6. The van der Waals surface area contributed by atoms with Gasteiger partial charge in [0.15, 0.2) is 11.5 Å². The Morgan fingerprint density at radius 3 is 2.94 bits per heavy atom. The average Bonchev–Trinajstić information content (AvgIpc) is 3.49. The molecule has 6 nitrogen and oxygen atoms in total. The minimum atomic E-state index is -1.43. The Kier molecular flexibility index (Phi) is 3.37. The number of hydrogen-bond donors (Lipinski definition) is 2. The Bertz CT molecular complexity index is 1030. The van der Waals surface area contributed by atoms with Crippen LogP contribution in [0.2, 0.25) is 0 Å². The topological polar surface area (TPSA) is 79.2 Å². The van der Waals surface area contributed by atoms with Crippen molar-refractivity contribution in [3.05, 3.63) is 35.4 Å². The van der Waals surface area contributed by atoms with E-state index in [1.807, 2.05) is 12.1 Å². The molecule has 8 rings (SSSR count). The fraction of sp³-hybridized carbons (Fsp3) is 0.640. The third-order valence-electron chi connectivity index (χ3n) is 9.35. The van der Waals surface area contributed by atoms with Crippen LogP contribution in [0.1, 0.15) is 43.7 Å². The number of aliphatic hydroxyl groups is 1. The lowest BCUT2D eigenvalue weighted by atomic mass is 9.37. The van der Waals surface area contributed by atoms with Gasteiger partial charge in [0.1, 0.15) is 11.7 Å². The molecule has 164 valence electrons. The zero-order valence-electron chi connectivity index (χ0n) is 17.8. The van der Waals surface area contributed by atoms with Crippen molar-refractivity contribution >= 4 is 5.97 Å². The van der Waals surface area contributed by atoms with E-state index in [-0.39, 0.29) is 23.2 Å². The molecule has 2 N–H and O–H groups in total. The summed E-state index contributed by atoms with van der Waals surface area (Å²) in [6.07, 6.45) is 8.40. The predicted octanol–water partition coefficient (Wildman–Crippen LogP) is 2.30. The van der Waals surface area contributed by atoms with Crippen LogP contribution >= 0.6 is 0 Å². The van der Waals surface area contributed by atoms with Gasteiger partial charge < -0.3 is 19.7 Å². The fourth-order valence-electron chi connectivity index (χ4n) is 7.99. The van der Waals surface area contributed by atoms with Gasteiger partial charge in [-0.2, -0.15) is 0 Å². The molecule has 2 spiro atoms. The highest BCUT2D eigenvalue weighted by Crippen LogP contribution is 2.74. The summed E-state index contributed by atoms with van der Waals surface area (Å²) >= 11 is 0. The molecule has 5 aliphatic carbocycles. The number of piperidine rings is 1. The number of phenolic OH excluding ortho intramolecular Hbond substituents is 1. The van der Waals surface area contributed by atoms with Crippen LogP contribution in [-0.4, -0.2) is 58.5 Å². The lowest BCUT2D eigenvalue weighted by Crippen LogP contribution is -2.79. The number of carbonyl (C=O) groups is 1. The van der Waals surface area contributed by atoms with Crippen LogP contribution in [0.15, 0.2) is 24.3 Å². The van der Waals surface area contributed by atoms with Crippen molar-refractivity contribution in [3.8, 4) is 11.5 Å². The summed E-state index contributed by atoms with van der Waals surface area (Å²) in [7, 11) is 0. The van der Waals surface area contributed by atoms with Crippen LogP contribution in [0, 0.1) is 17.3 Å². The molecule has 4 bridgehead atoms. The number of carbonyl (C=O) groups excluding carboxylic acids is 1. The van der Waals surface area contributed by atoms with E-state index in [0.29, 0.717) is 18.8 Å². The van der Waals surface area contributed by atoms with E-state index in [2.05, 4.69) is 11.0 Å². The Morgan fingerprint density at radius 1 is 1.32 bits per heavy atom.